The topological polar surface area (TPSA) is 131 Å². The number of carbonyl (C=O) groups is 1. The number of anilines is 1. The Bertz CT molecular complexity index is 1080. The number of fused-ring (bicyclic) bond motifs is 1. The molecule has 27 heavy (non-hydrogen) atoms. The first-order chi connectivity index (χ1) is 12.9. The van der Waals surface area contributed by atoms with E-state index < -0.39 is 10.0 Å². The van der Waals surface area contributed by atoms with Crippen LogP contribution in [0.15, 0.2) is 27.5 Å². The molecule has 0 bridgehead atoms. The molecule has 0 radical (unpaired) electrons. The number of benzene rings is 1. The number of rotatable bonds is 4. The van der Waals surface area contributed by atoms with Crippen LogP contribution in [0.1, 0.15) is 18.7 Å². The minimum Gasteiger partial charge on any atom is -0.408 e. The van der Waals surface area contributed by atoms with Crippen LogP contribution in [0.2, 0.25) is 0 Å². The summed E-state index contributed by atoms with van der Waals surface area (Å²) in [5.74, 6) is -0.209. The Kier molecular flexibility index (Phi) is 4.61. The molecule has 1 saturated heterocycles. The fraction of sp³-hybridized carbons (Fsp3) is 0.400. The molecular weight excluding hydrogens is 392 g/mol. The zero-order valence-corrected chi connectivity index (χ0v) is 16.0. The van der Waals surface area contributed by atoms with Gasteiger partial charge >= 0.3 is 6.01 Å². The van der Waals surface area contributed by atoms with Crippen LogP contribution in [0.25, 0.3) is 11.0 Å². The Hall–Kier alpha value is -2.44. The quantitative estimate of drug-likeness (QED) is 0.686. The van der Waals surface area contributed by atoms with Crippen LogP contribution in [-0.2, 0) is 14.8 Å². The van der Waals surface area contributed by atoms with Crippen molar-refractivity contribution in [1.82, 2.24) is 23.2 Å². The van der Waals surface area contributed by atoms with Gasteiger partial charge < -0.3 is 4.42 Å². The monoisotopic (exact) mass is 408 g/mol. The highest BCUT2D eigenvalue weighted by Crippen LogP contribution is 2.28. The summed E-state index contributed by atoms with van der Waals surface area (Å²) in [5, 5.41) is 9.96. The molecule has 0 saturated carbocycles. The van der Waals surface area contributed by atoms with Gasteiger partial charge in [-0.05, 0) is 25.0 Å². The van der Waals surface area contributed by atoms with Crippen molar-refractivity contribution in [2.24, 2.45) is 5.92 Å². The highest BCUT2D eigenvalue weighted by Gasteiger charge is 2.33. The molecule has 3 heterocycles. The van der Waals surface area contributed by atoms with Gasteiger partial charge in [0.05, 0.1) is 11.7 Å². The molecule has 142 valence electrons. The summed E-state index contributed by atoms with van der Waals surface area (Å²) in [6, 6.07) is 4.97. The molecule has 1 amide bonds. The fourth-order valence-corrected chi connectivity index (χ4v) is 5.26. The van der Waals surface area contributed by atoms with Crippen LogP contribution in [0, 0.1) is 12.8 Å². The summed E-state index contributed by atoms with van der Waals surface area (Å²) in [6.45, 7) is 2.12. The number of hydrogen-bond donors (Lipinski definition) is 1. The summed E-state index contributed by atoms with van der Waals surface area (Å²) < 4.78 is 40.7. The van der Waals surface area contributed by atoms with Gasteiger partial charge in [0.25, 0.3) is 0 Å². The Balaban J connectivity index is 1.45. The Morgan fingerprint density at radius 2 is 2.04 bits per heavy atom. The average Bonchev–Trinajstić information content (AvgIpc) is 3.30. The van der Waals surface area contributed by atoms with Gasteiger partial charge in [0.2, 0.25) is 21.8 Å². The van der Waals surface area contributed by atoms with Gasteiger partial charge in [0.1, 0.15) is 15.9 Å². The molecule has 0 aliphatic carbocycles. The van der Waals surface area contributed by atoms with E-state index in [9.17, 15) is 13.2 Å². The van der Waals surface area contributed by atoms with E-state index >= 15 is 0 Å². The lowest BCUT2D eigenvalue weighted by atomic mass is 9.97. The third-order valence-electron chi connectivity index (χ3n) is 4.45. The number of piperidine rings is 1. The minimum atomic E-state index is -3.70. The van der Waals surface area contributed by atoms with Crippen LogP contribution in [0.5, 0.6) is 0 Å². The van der Waals surface area contributed by atoms with Crippen molar-refractivity contribution < 1.29 is 17.6 Å². The number of carbonyl (C=O) groups excluding carboxylic acids is 1. The molecular formula is C15H16N6O4S2. The molecule has 0 spiro atoms. The molecule has 3 aromatic rings. The first-order valence-corrected chi connectivity index (χ1v) is 10.4. The summed E-state index contributed by atoms with van der Waals surface area (Å²) in [6.07, 6.45) is 0.812. The number of hydrogen-bond acceptors (Lipinski definition) is 9. The van der Waals surface area contributed by atoms with Gasteiger partial charge in [-0.3, -0.25) is 10.1 Å². The van der Waals surface area contributed by atoms with E-state index in [-0.39, 0.29) is 35.8 Å². The van der Waals surface area contributed by atoms with Crippen molar-refractivity contribution in [3.63, 3.8) is 0 Å². The van der Waals surface area contributed by atoms with Gasteiger partial charge in [0, 0.05) is 25.9 Å². The van der Waals surface area contributed by atoms with Crippen molar-refractivity contribution in [2.45, 2.75) is 24.7 Å². The van der Waals surface area contributed by atoms with Gasteiger partial charge in [-0.1, -0.05) is 11.2 Å². The zero-order valence-electron chi connectivity index (χ0n) is 14.3. The Morgan fingerprint density at radius 1 is 1.26 bits per heavy atom. The van der Waals surface area contributed by atoms with E-state index in [1.807, 2.05) is 0 Å². The smallest absolute Gasteiger partial charge is 0.322 e. The van der Waals surface area contributed by atoms with Crippen molar-refractivity contribution in [2.75, 3.05) is 18.4 Å². The first kappa shape index (κ1) is 17.9. The number of nitrogens with one attached hydrogen (secondary N) is 1. The standard InChI is InChI=1S/C15H16N6O4S2/c1-9-17-18-15(25-9)16-14(22)10-5-7-21(8-6-10)27(23,24)12-4-2-3-11-13(12)20-26-19-11/h2-4,10H,5-8H2,1H3,(H,16,18,22). The number of amides is 1. The van der Waals surface area contributed by atoms with Crippen molar-refractivity contribution >= 4 is 44.7 Å². The van der Waals surface area contributed by atoms with Crippen LogP contribution in [0.3, 0.4) is 0 Å². The molecule has 0 unspecified atom stereocenters. The summed E-state index contributed by atoms with van der Waals surface area (Å²) in [4.78, 5) is 12.5. The molecule has 1 aromatic carbocycles. The fourth-order valence-electron chi connectivity index (χ4n) is 3.04. The molecule has 4 rings (SSSR count). The third-order valence-corrected chi connectivity index (χ3v) is 6.92. The van der Waals surface area contributed by atoms with E-state index in [1.54, 1.807) is 19.1 Å². The van der Waals surface area contributed by atoms with Gasteiger partial charge in [-0.15, -0.1) is 5.10 Å². The van der Waals surface area contributed by atoms with E-state index in [0.717, 1.165) is 11.7 Å². The van der Waals surface area contributed by atoms with Crippen LogP contribution < -0.4 is 5.32 Å². The molecule has 1 aliphatic heterocycles. The number of aromatic nitrogens is 4. The third kappa shape index (κ3) is 3.42. The second kappa shape index (κ2) is 6.94. The van der Waals surface area contributed by atoms with Crippen molar-refractivity contribution in [3.8, 4) is 0 Å². The molecule has 10 nitrogen and oxygen atoms in total. The summed E-state index contributed by atoms with van der Waals surface area (Å²) in [5.41, 5.74) is 0.944. The van der Waals surface area contributed by atoms with Gasteiger partial charge in [0.15, 0.2) is 0 Å². The van der Waals surface area contributed by atoms with E-state index in [1.165, 1.54) is 10.4 Å². The lowest BCUT2D eigenvalue weighted by Gasteiger charge is -2.30. The second-order valence-electron chi connectivity index (χ2n) is 6.18. The SMILES string of the molecule is Cc1nnc(NC(=O)C2CCN(S(=O)(=O)c3cccc4nsnc34)CC2)o1. The predicted molar refractivity (Wildman–Crippen MR) is 96.6 cm³/mol. The van der Waals surface area contributed by atoms with Crippen molar-refractivity contribution in [1.29, 1.82) is 0 Å². The molecule has 1 aliphatic rings. The van der Waals surface area contributed by atoms with E-state index in [2.05, 4.69) is 24.3 Å². The Labute approximate surface area is 159 Å². The maximum absolute atomic E-state index is 13.0. The molecule has 1 N–H and O–H groups in total. The predicted octanol–water partition coefficient (Wildman–Crippen LogP) is 1.42. The van der Waals surface area contributed by atoms with Crippen molar-refractivity contribution in [3.05, 3.63) is 24.1 Å². The number of nitrogens with zero attached hydrogens (tertiary/aromatic N) is 5. The second-order valence-corrected chi connectivity index (χ2v) is 8.62. The zero-order chi connectivity index (χ0) is 19.0. The van der Waals surface area contributed by atoms with Gasteiger partial charge in [-0.2, -0.15) is 13.1 Å². The van der Waals surface area contributed by atoms with E-state index in [0.29, 0.717) is 29.8 Å². The molecule has 2 aromatic heterocycles. The van der Waals surface area contributed by atoms with E-state index in [4.69, 9.17) is 4.42 Å². The maximum atomic E-state index is 13.0. The van der Waals surface area contributed by atoms with Gasteiger partial charge in [-0.25, -0.2) is 8.42 Å². The molecule has 1 fully saturated rings. The molecule has 0 atom stereocenters. The lowest BCUT2D eigenvalue weighted by molar-refractivity contribution is -0.121. The number of aryl methyl sites for hydroxylation is 1. The molecule has 12 heteroatoms. The highest BCUT2D eigenvalue weighted by molar-refractivity contribution is 7.89. The largest absolute Gasteiger partial charge is 0.408 e. The first-order valence-electron chi connectivity index (χ1n) is 8.27. The number of sulfonamides is 1. The lowest BCUT2D eigenvalue weighted by Crippen LogP contribution is -2.41. The van der Waals surface area contributed by atoms with Crippen LogP contribution in [-0.4, -0.2) is 50.7 Å². The average molecular weight is 408 g/mol. The highest BCUT2D eigenvalue weighted by atomic mass is 32.2. The normalized spacial score (nSPS) is 16.6. The summed E-state index contributed by atoms with van der Waals surface area (Å²) in [7, 11) is -3.70. The van der Waals surface area contributed by atoms with Crippen LogP contribution >= 0.6 is 11.7 Å². The maximum Gasteiger partial charge on any atom is 0.322 e. The minimum absolute atomic E-state index is 0.0512. The van der Waals surface area contributed by atoms with Crippen LogP contribution in [0.4, 0.5) is 6.01 Å². The summed E-state index contributed by atoms with van der Waals surface area (Å²) >= 11 is 0.981. The Morgan fingerprint density at radius 3 is 2.74 bits per heavy atom.